The van der Waals surface area contributed by atoms with Crippen LogP contribution < -0.4 is 5.73 Å². The second-order valence-corrected chi connectivity index (χ2v) is 5.10. The molecule has 0 aromatic carbocycles. The number of hydrogen-bond acceptors (Lipinski definition) is 3. The first-order valence-electron chi connectivity index (χ1n) is 5.34. The Balaban J connectivity index is 1.92. The maximum atomic E-state index is 5.68. The van der Waals surface area contributed by atoms with Crippen molar-refractivity contribution in [3.63, 3.8) is 0 Å². The molecule has 0 bridgehead atoms. The van der Waals surface area contributed by atoms with Gasteiger partial charge in [0.15, 0.2) is 0 Å². The molecule has 0 radical (unpaired) electrons. The standard InChI is InChI=1S/C10H22N2S/c1-10(11)9-13-8-7-12-5-3-2-4-6-12/h10H,2-9,11H2,1H3. The van der Waals surface area contributed by atoms with Crippen molar-refractivity contribution in [3.05, 3.63) is 0 Å². The van der Waals surface area contributed by atoms with Gasteiger partial charge in [0.05, 0.1) is 0 Å². The van der Waals surface area contributed by atoms with Crippen molar-refractivity contribution in [3.8, 4) is 0 Å². The average molecular weight is 202 g/mol. The van der Waals surface area contributed by atoms with E-state index in [0.717, 1.165) is 5.75 Å². The summed E-state index contributed by atoms with van der Waals surface area (Å²) in [7, 11) is 0. The van der Waals surface area contributed by atoms with Gasteiger partial charge in [0, 0.05) is 24.1 Å². The van der Waals surface area contributed by atoms with Crippen LogP contribution in [0, 0.1) is 0 Å². The fourth-order valence-electron chi connectivity index (χ4n) is 1.65. The molecule has 1 heterocycles. The zero-order valence-corrected chi connectivity index (χ0v) is 9.48. The van der Waals surface area contributed by atoms with E-state index in [9.17, 15) is 0 Å². The summed E-state index contributed by atoms with van der Waals surface area (Å²) in [5.74, 6) is 2.36. The van der Waals surface area contributed by atoms with Crippen molar-refractivity contribution >= 4 is 11.8 Å². The van der Waals surface area contributed by atoms with Gasteiger partial charge in [-0.1, -0.05) is 6.42 Å². The lowest BCUT2D eigenvalue weighted by Crippen LogP contribution is -2.32. The van der Waals surface area contributed by atoms with Gasteiger partial charge < -0.3 is 10.6 Å². The van der Waals surface area contributed by atoms with Crippen LogP contribution in [0.15, 0.2) is 0 Å². The number of nitrogens with zero attached hydrogens (tertiary/aromatic N) is 1. The van der Waals surface area contributed by atoms with Gasteiger partial charge in [-0.25, -0.2) is 0 Å². The Morgan fingerprint density at radius 3 is 2.62 bits per heavy atom. The second-order valence-electron chi connectivity index (χ2n) is 3.95. The molecule has 0 aromatic rings. The lowest BCUT2D eigenvalue weighted by atomic mass is 10.1. The van der Waals surface area contributed by atoms with Crippen molar-refractivity contribution in [2.75, 3.05) is 31.1 Å². The van der Waals surface area contributed by atoms with Crippen LogP contribution in [0.25, 0.3) is 0 Å². The highest BCUT2D eigenvalue weighted by Crippen LogP contribution is 2.10. The Kier molecular flexibility index (Phi) is 5.83. The molecule has 0 spiro atoms. The third kappa shape index (κ3) is 5.55. The Bertz CT molecular complexity index is 122. The zero-order chi connectivity index (χ0) is 9.52. The van der Waals surface area contributed by atoms with E-state index < -0.39 is 0 Å². The molecule has 78 valence electrons. The van der Waals surface area contributed by atoms with Gasteiger partial charge in [-0.15, -0.1) is 0 Å². The van der Waals surface area contributed by atoms with Gasteiger partial charge in [-0.05, 0) is 32.9 Å². The molecule has 2 N–H and O–H groups in total. The van der Waals surface area contributed by atoms with Gasteiger partial charge >= 0.3 is 0 Å². The third-order valence-corrected chi connectivity index (χ3v) is 3.61. The molecule has 1 saturated heterocycles. The SMILES string of the molecule is CC(N)CSCCN1CCCCC1. The van der Waals surface area contributed by atoms with Gasteiger partial charge in [0.2, 0.25) is 0 Å². The summed E-state index contributed by atoms with van der Waals surface area (Å²) < 4.78 is 0. The predicted octanol–water partition coefficient (Wildman–Crippen LogP) is 1.55. The van der Waals surface area contributed by atoms with E-state index in [1.807, 2.05) is 11.8 Å². The molecule has 1 unspecified atom stereocenters. The number of rotatable bonds is 5. The summed E-state index contributed by atoms with van der Waals surface area (Å²) in [4.78, 5) is 2.58. The molecule has 0 saturated carbocycles. The Morgan fingerprint density at radius 1 is 1.31 bits per heavy atom. The molecule has 0 aromatic heterocycles. The predicted molar refractivity (Wildman–Crippen MR) is 61.3 cm³/mol. The molecule has 2 nitrogen and oxygen atoms in total. The van der Waals surface area contributed by atoms with E-state index in [-0.39, 0.29) is 0 Å². The van der Waals surface area contributed by atoms with Crippen molar-refractivity contribution in [2.24, 2.45) is 5.73 Å². The van der Waals surface area contributed by atoms with Gasteiger partial charge in [0.25, 0.3) is 0 Å². The van der Waals surface area contributed by atoms with Crippen LogP contribution in [-0.2, 0) is 0 Å². The molecule has 1 fully saturated rings. The van der Waals surface area contributed by atoms with Crippen LogP contribution in [0.2, 0.25) is 0 Å². The summed E-state index contributed by atoms with van der Waals surface area (Å²) >= 11 is 1.99. The largest absolute Gasteiger partial charge is 0.327 e. The summed E-state index contributed by atoms with van der Waals surface area (Å²) in [6.45, 7) is 5.97. The highest BCUT2D eigenvalue weighted by molar-refractivity contribution is 7.99. The van der Waals surface area contributed by atoms with Crippen LogP contribution in [0.3, 0.4) is 0 Å². The smallest absolute Gasteiger partial charge is 0.0101 e. The average Bonchev–Trinajstić information content (AvgIpc) is 2.14. The monoisotopic (exact) mass is 202 g/mol. The Morgan fingerprint density at radius 2 is 2.00 bits per heavy atom. The van der Waals surface area contributed by atoms with E-state index in [0.29, 0.717) is 6.04 Å². The van der Waals surface area contributed by atoms with Crippen LogP contribution in [-0.4, -0.2) is 42.1 Å². The summed E-state index contributed by atoms with van der Waals surface area (Å²) in [6.07, 6.45) is 4.24. The summed E-state index contributed by atoms with van der Waals surface area (Å²) in [5.41, 5.74) is 5.68. The molecule has 1 aliphatic rings. The lowest BCUT2D eigenvalue weighted by molar-refractivity contribution is 0.242. The van der Waals surface area contributed by atoms with E-state index >= 15 is 0 Å². The topological polar surface area (TPSA) is 29.3 Å². The number of hydrogen-bond donors (Lipinski definition) is 1. The van der Waals surface area contributed by atoms with Crippen LogP contribution >= 0.6 is 11.8 Å². The van der Waals surface area contributed by atoms with Crippen molar-refractivity contribution in [1.82, 2.24) is 4.90 Å². The van der Waals surface area contributed by atoms with E-state index in [1.165, 1.54) is 44.6 Å². The van der Waals surface area contributed by atoms with Gasteiger partial charge in [-0.3, -0.25) is 0 Å². The normalized spacial score (nSPS) is 21.7. The van der Waals surface area contributed by atoms with Crippen molar-refractivity contribution in [1.29, 1.82) is 0 Å². The van der Waals surface area contributed by atoms with Crippen LogP contribution in [0.5, 0.6) is 0 Å². The molecular formula is C10H22N2S. The molecule has 0 aliphatic carbocycles. The lowest BCUT2D eigenvalue weighted by Gasteiger charge is -2.26. The molecule has 13 heavy (non-hydrogen) atoms. The molecule has 1 atom stereocenters. The second kappa shape index (κ2) is 6.68. The minimum Gasteiger partial charge on any atom is -0.327 e. The van der Waals surface area contributed by atoms with Crippen LogP contribution in [0.1, 0.15) is 26.2 Å². The van der Waals surface area contributed by atoms with Gasteiger partial charge in [0.1, 0.15) is 0 Å². The van der Waals surface area contributed by atoms with E-state index in [4.69, 9.17) is 5.73 Å². The van der Waals surface area contributed by atoms with Crippen LogP contribution in [0.4, 0.5) is 0 Å². The minimum atomic E-state index is 0.353. The van der Waals surface area contributed by atoms with Crippen molar-refractivity contribution < 1.29 is 0 Å². The van der Waals surface area contributed by atoms with Crippen molar-refractivity contribution in [2.45, 2.75) is 32.2 Å². The number of piperidine rings is 1. The molecule has 1 aliphatic heterocycles. The summed E-state index contributed by atoms with van der Waals surface area (Å²) in [6, 6.07) is 0.353. The quantitative estimate of drug-likeness (QED) is 0.686. The fourth-order valence-corrected chi connectivity index (χ4v) is 2.57. The summed E-state index contributed by atoms with van der Waals surface area (Å²) in [5, 5.41) is 0. The maximum Gasteiger partial charge on any atom is 0.0101 e. The molecule has 3 heteroatoms. The minimum absolute atomic E-state index is 0.353. The molecule has 1 rings (SSSR count). The highest BCUT2D eigenvalue weighted by atomic mass is 32.2. The molecular weight excluding hydrogens is 180 g/mol. The first kappa shape index (κ1) is 11.3. The first-order chi connectivity index (χ1) is 6.29. The Hall–Kier alpha value is 0.270. The number of nitrogens with two attached hydrogens (primary N) is 1. The number of thioether (sulfide) groups is 1. The Labute approximate surface area is 86.2 Å². The third-order valence-electron chi connectivity index (χ3n) is 2.38. The zero-order valence-electron chi connectivity index (χ0n) is 8.67. The number of likely N-dealkylation sites (tertiary alicyclic amines) is 1. The van der Waals surface area contributed by atoms with Gasteiger partial charge in [-0.2, -0.15) is 11.8 Å². The molecule has 0 amide bonds. The highest BCUT2D eigenvalue weighted by Gasteiger charge is 2.08. The van der Waals surface area contributed by atoms with E-state index in [1.54, 1.807) is 0 Å². The first-order valence-corrected chi connectivity index (χ1v) is 6.50. The van der Waals surface area contributed by atoms with E-state index in [2.05, 4.69) is 11.8 Å². The maximum absolute atomic E-state index is 5.68. The fraction of sp³-hybridized carbons (Fsp3) is 1.00.